The molecule has 7 heteroatoms. The predicted octanol–water partition coefficient (Wildman–Crippen LogP) is 4.43. The van der Waals surface area contributed by atoms with Crippen LogP contribution in [0.15, 0.2) is 83.7 Å². The van der Waals surface area contributed by atoms with E-state index in [4.69, 9.17) is 4.74 Å². The number of anilines is 1. The zero-order valence-corrected chi connectivity index (χ0v) is 20.1. The first-order chi connectivity index (χ1) is 17.1. The molecule has 1 N–H and O–H groups in total. The molecule has 3 aromatic carbocycles. The fourth-order valence-electron chi connectivity index (χ4n) is 4.05. The molecule has 4 aromatic rings. The molecule has 7 nitrogen and oxygen atoms in total. The van der Waals surface area contributed by atoms with Crippen LogP contribution in [0.4, 0.5) is 5.69 Å². The molecule has 0 aliphatic carbocycles. The lowest BCUT2D eigenvalue weighted by Crippen LogP contribution is -2.32. The second-order valence-electron chi connectivity index (χ2n) is 8.06. The van der Waals surface area contributed by atoms with Crippen LogP contribution in [0.3, 0.4) is 0 Å². The molecular formula is C28H30N4O3. The maximum absolute atomic E-state index is 13.2. The standard InChI is InChI=1S/C28H30N4O3/c1-3-31(21-11-6-5-7-12-21)20-10-19-29-27(33)26-24-13-8-9-14-25(24)28(34)32(30-26)22-15-17-23(18-16-22)35-4-2/h5-9,11-18H,3-4,10,19-20H2,1-2H3,(H,29,33). The summed E-state index contributed by atoms with van der Waals surface area (Å²) in [6.45, 7) is 6.79. The van der Waals surface area contributed by atoms with E-state index < -0.39 is 0 Å². The zero-order chi connectivity index (χ0) is 24.6. The third-order valence-electron chi connectivity index (χ3n) is 5.81. The number of benzene rings is 3. The topological polar surface area (TPSA) is 76.5 Å². The molecule has 35 heavy (non-hydrogen) atoms. The minimum absolute atomic E-state index is 0.226. The Morgan fingerprint density at radius 1 is 0.943 bits per heavy atom. The molecule has 4 rings (SSSR count). The lowest BCUT2D eigenvalue weighted by molar-refractivity contribution is 0.0948. The summed E-state index contributed by atoms with van der Waals surface area (Å²) in [5.41, 5.74) is 1.68. The van der Waals surface area contributed by atoms with E-state index in [0.717, 1.165) is 25.2 Å². The fourth-order valence-corrected chi connectivity index (χ4v) is 4.05. The highest BCUT2D eigenvalue weighted by Crippen LogP contribution is 2.18. The number of carbonyl (C=O) groups excluding carboxylic acids is 1. The van der Waals surface area contributed by atoms with Gasteiger partial charge in [0.15, 0.2) is 5.69 Å². The van der Waals surface area contributed by atoms with Gasteiger partial charge in [0.1, 0.15) is 5.75 Å². The van der Waals surface area contributed by atoms with E-state index in [-0.39, 0.29) is 17.2 Å². The summed E-state index contributed by atoms with van der Waals surface area (Å²) in [4.78, 5) is 28.6. The number of para-hydroxylation sites is 1. The summed E-state index contributed by atoms with van der Waals surface area (Å²) in [5.74, 6) is 0.406. The normalized spacial score (nSPS) is 10.8. The lowest BCUT2D eigenvalue weighted by Gasteiger charge is -2.23. The van der Waals surface area contributed by atoms with Crippen molar-refractivity contribution >= 4 is 22.4 Å². The first-order valence-electron chi connectivity index (χ1n) is 12.0. The Morgan fingerprint density at radius 3 is 2.31 bits per heavy atom. The van der Waals surface area contributed by atoms with Gasteiger partial charge in [-0.2, -0.15) is 9.78 Å². The van der Waals surface area contributed by atoms with Crippen LogP contribution in [0.1, 0.15) is 30.8 Å². The van der Waals surface area contributed by atoms with Crippen LogP contribution >= 0.6 is 0 Å². The highest BCUT2D eigenvalue weighted by atomic mass is 16.5. The van der Waals surface area contributed by atoms with Gasteiger partial charge in [0.05, 0.1) is 17.7 Å². The summed E-state index contributed by atoms with van der Waals surface area (Å²) >= 11 is 0. The molecule has 0 spiro atoms. The monoisotopic (exact) mass is 470 g/mol. The van der Waals surface area contributed by atoms with Crippen LogP contribution in [0, 0.1) is 0 Å². The number of nitrogens with zero attached hydrogens (tertiary/aromatic N) is 3. The van der Waals surface area contributed by atoms with Crippen molar-refractivity contribution in [2.24, 2.45) is 0 Å². The number of hydrogen-bond acceptors (Lipinski definition) is 5. The number of rotatable bonds is 10. The summed E-state index contributed by atoms with van der Waals surface area (Å²) in [6.07, 6.45) is 0.783. The van der Waals surface area contributed by atoms with Crippen molar-refractivity contribution in [1.82, 2.24) is 15.1 Å². The van der Waals surface area contributed by atoms with Crippen molar-refractivity contribution in [2.45, 2.75) is 20.3 Å². The predicted molar refractivity (Wildman–Crippen MR) is 140 cm³/mol. The van der Waals surface area contributed by atoms with Crippen LogP contribution in [0.25, 0.3) is 16.5 Å². The minimum atomic E-state index is -0.302. The molecule has 0 aliphatic rings. The van der Waals surface area contributed by atoms with E-state index in [1.165, 1.54) is 4.68 Å². The molecule has 1 amide bonds. The molecule has 0 aliphatic heterocycles. The van der Waals surface area contributed by atoms with Gasteiger partial charge in [0, 0.05) is 30.7 Å². The van der Waals surface area contributed by atoms with Crippen molar-refractivity contribution in [2.75, 3.05) is 31.1 Å². The second-order valence-corrected chi connectivity index (χ2v) is 8.06. The largest absolute Gasteiger partial charge is 0.494 e. The Labute approximate surface area is 205 Å². The van der Waals surface area contributed by atoms with E-state index in [0.29, 0.717) is 35.4 Å². The number of hydrogen-bond donors (Lipinski definition) is 1. The Morgan fingerprint density at radius 2 is 1.63 bits per heavy atom. The molecule has 0 radical (unpaired) electrons. The molecule has 1 aromatic heterocycles. The van der Waals surface area contributed by atoms with Gasteiger partial charge in [0.25, 0.3) is 11.5 Å². The fraction of sp³-hybridized carbons (Fsp3) is 0.250. The Hall–Kier alpha value is -4.13. The average molecular weight is 471 g/mol. The number of amides is 1. The quantitative estimate of drug-likeness (QED) is 0.347. The van der Waals surface area contributed by atoms with Crippen LogP contribution in [0.2, 0.25) is 0 Å². The molecule has 0 bridgehead atoms. The summed E-state index contributed by atoms with van der Waals surface area (Å²) in [6, 6.07) is 24.4. The van der Waals surface area contributed by atoms with E-state index in [9.17, 15) is 9.59 Å². The highest BCUT2D eigenvalue weighted by molar-refractivity contribution is 6.04. The van der Waals surface area contributed by atoms with Gasteiger partial charge < -0.3 is 15.0 Å². The SMILES string of the molecule is CCOc1ccc(-n2nc(C(=O)NCCCN(CC)c3ccccc3)c3ccccc3c2=O)cc1. The molecule has 0 unspecified atom stereocenters. The smallest absolute Gasteiger partial charge is 0.279 e. The van der Waals surface area contributed by atoms with Gasteiger partial charge >= 0.3 is 0 Å². The Balaban J connectivity index is 1.53. The molecule has 0 fully saturated rings. The summed E-state index contributed by atoms with van der Waals surface area (Å²) in [7, 11) is 0. The van der Waals surface area contributed by atoms with Gasteiger partial charge in [0.2, 0.25) is 0 Å². The maximum Gasteiger partial charge on any atom is 0.279 e. The van der Waals surface area contributed by atoms with Gasteiger partial charge in [-0.15, -0.1) is 0 Å². The van der Waals surface area contributed by atoms with Gasteiger partial charge in [-0.25, -0.2) is 0 Å². The van der Waals surface area contributed by atoms with E-state index in [1.54, 1.807) is 48.5 Å². The van der Waals surface area contributed by atoms with E-state index >= 15 is 0 Å². The van der Waals surface area contributed by atoms with Crippen LogP contribution in [0.5, 0.6) is 5.75 Å². The number of fused-ring (bicyclic) bond motifs is 1. The van der Waals surface area contributed by atoms with Crippen molar-refractivity contribution in [1.29, 1.82) is 0 Å². The number of nitrogens with one attached hydrogen (secondary N) is 1. The Kier molecular flexibility index (Phi) is 7.77. The molecule has 180 valence electrons. The molecule has 1 heterocycles. The first-order valence-corrected chi connectivity index (χ1v) is 12.0. The summed E-state index contributed by atoms with van der Waals surface area (Å²) in [5, 5.41) is 8.43. The number of carbonyl (C=O) groups is 1. The summed E-state index contributed by atoms with van der Waals surface area (Å²) < 4.78 is 6.77. The molecule has 0 saturated heterocycles. The first kappa shape index (κ1) is 24.0. The van der Waals surface area contributed by atoms with Crippen molar-refractivity contribution in [3.63, 3.8) is 0 Å². The third-order valence-corrected chi connectivity index (χ3v) is 5.81. The van der Waals surface area contributed by atoms with Crippen LogP contribution in [-0.2, 0) is 0 Å². The van der Waals surface area contributed by atoms with E-state index in [2.05, 4.69) is 34.4 Å². The lowest BCUT2D eigenvalue weighted by atomic mass is 10.1. The van der Waals surface area contributed by atoms with Crippen molar-refractivity contribution in [3.05, 3.63) is 94.9 Å². The third kappa shape index (κ3) is 5.51. The zero-order valence-electron chi connectivity index (χ0n) is 20.1. The number of aromatic nitrogens is 2. The van der Waals surface area contributed by atoms with Gasteiger partial charge in [-0.05, 0) is 62.7 Å². The van der Waals surface area contributed by atoms with Crippen molar-refractivity contribution in [3.8, 4) is 11.4 Å². The van der Waals surface area contributed by atoms with Gasteiger partial charge in [-0.1, -0.05) is 36.4 Å². The van der Waals surface area contributed by atoms with Crippen LogP contribution in [-0.4, -0.2) is 41.9 Å². The maximum atomic E-state index is 13.2. The van der Waals surface area contributed by atoms with Crippen LogP contribution < -0.4 is 20.5 Å². The average Bonchev–Trinajstić information content (AvgIpc) is 2.90. The molecular weight excluding hydrogens is 440 g/mol. The van der Waals surface area contributed by atoms with E-state index in [1.807, 2.05) is 25.1 Å². The Bertz CT molecular complexity index is 1330. The molecule has 0 atom stereocenters. The highest BCUT2D eigenvalue weighted by Gasteiger charge is 2.17. The minimum Gasteiger partial charge on any atom is -0.494 e. The van der Waals surface area contributed by atoms with Crippen molar-refractivity contribution < 1.29 is 9.53 Å². The number of ether oxygens (including phenoxy) is 1. The molecule has 0 saturated carbocycles. The second kappa shape index (κ2) is 11.3. The van der Waals surface area contributed by atoms with Gasteiger partial charge in [-0.3, -0.25) is 9.59 Å².